The molecule has 0 saturated carbocycles. The van der Waals surface area contributed by atoms with Crippen LogP contribution in [-0.2, 0) is 11.2 Å². The van der Waals surface area contributed by atoms with E-state index in [4.69, 9.17) is 4.74 Å². The summed E-state index contributed by atoms with van der Waals surface area (Å²) >= 11 is 0. The van der Waals surface area contributed by atoms with E-state index in [1.54, 1.807) is 43.5 Å². The van der Waals surface area contributed by atoms with Crippen LogP contribution in [0.3, 0.4) is 0 Å². The summed E-state index contributed by atoms with van der Waals surface area (Å²) in [6.45, 7) is 0. The fourth-order valence-electron chi connectivity index (χ4n) is 2.26. The van der Waals surface area contributed by atoms with Crippen LogP contribution in [0.15, 0.2) is 42.5 Å². The number of hydrogen-bond acceptors (Lipinski definition) is 3. The van der Waals surface area contributed by atoms with Crippen LogP contribution in [0.25, 0.3) is 0 Å². The third-order valence-electron chi connectivity index (χ3n) is 3.35. The molecule has 0 saturated heterocycles. The molecular formula is C16H13NO3. The minimum atomic E-state index is -0.0726. The summed E-state index contributed by atoms with van der Waals surface area (Å²) in [5.41, 5.74) is 2.82. The number of methoxy groups -OCH3 is 1. The lowest BCUT2D eigenvalue weighted by Gasteiger charge is -2.05. The summed E-state index contributed by atoms with van der Waals surface area (Å²) in [4.78, 5) is 23.7. The zero-order valence-electron chi connectivity index (χ0n) is 11.0. The van der Waals surface area contributed by atoms with Crippen molar-refractivity contribution in [2.75, 3.05) is 12.4 Å². The van der Waals surface area contributed by atoms with Gasteiger partial charge in [-0.3, -0.25) is 9.59 Å². The van der Waals surface area contributed by atoms with Crippen molar-refractivity contribution in [3.8, 4) is 5.75 Å². The predicted molar refractivity (Wildman–Crippen MR) is 75.2 cm³/mol. The van der Waals surface area contributed by atoms with Crippen LogP contribution in [0.4, 0.5) is 5.69 Å². The largest absolute Gasteiger partial charge is 0.497 e. The van der Waals surface area contributed by atoms with E-state index < -0.39 is 0 Å². The summed E-state index contributed by atoms with van der Waals surface area (Å²) in [5.74, 6) is 0.605. The minimum Gasteiger partial charge on any atom is -0.497 e. The number of nitrogens with one attached hydrogen (secondary N) is 1. The Bertz CT molecular complexity index is 689. The van der Waals surface area contributed by atoms with Crippen LogP contribution in [0, 0.1) is 0 Å². The quantitative estimate of drug-likeness (QED) is 0.869. The predicted octanol–water partition coefficient (Wildman–Crippen LogP) is 2.42. The normalized spacial score (nSPS) is 12.8. The number of hydrogen-bond donors (Lipinski definition) is 1. The van der Waals surface area contributed by atoms with E-state index in [9.17, 15) is 9.59 Å². The maximum atomic E-state index is 12.4. The van der Waals surface area contributed by atoms with Crippen molar-refractivity contribution >= 4 is 17.4 Å². The first-order chi connectivity index (χ1) is 9.67. The second-order valence-corrected chi connectivity index (χ2v) is 4.65. The van der Waals surface area contributed by atoms with Crippen molar-refractivity contribution < 1.29 is 14.3 Å². The Balaban J connectivity index is 1.90. The first-order valence-electron chi connectivity index (χ1n) is 6.29. The van der Waals surface area contributed by atoms with Gasteiger partial charge in [0.15, 0.2) is 5.78 Å². The zero-order chi connectivity index (χ0) is 14.1. The summed E-state index contributed by atoms with van der Waals surface area (Å²) in [7, 11) is 1.58. The molecule has 0 spiro atoms. The van der Waals surface area contributed by atoms with Crippen molar-refractivity contribution in [2.45, 2.75) is 6.42 Å². The molecule has 1 heterocycles. The van der Waals surface area contributed by atoms with Crippen molar-refractivity contribution in [1.29, 1.82) is 0 Å². The van der Waals surface area contributed by atoms with Gasteiger partial charge in [-0.15, -0.1) is 0 Å². The van der Waals surface area contributed by atoms with Gasteiger partial charge in [0.1, 0.15) is 5.75 Å². The van der Waals surface area contributed by atoms with Gasteiger partial charge in [-0.05, 0) is 35.9 Å². The first kappa shape index (κ1) is 12.4. The Morgan fingerprint density at radius 3 is 2.50 bits per heavy atom. The van der Waals surface area contributed by atoms with E-state index in [2.05, 4.69) is 5.32 Å². The third kappa shape index (κ3) is 2.16. The average Bonchev–Trinajstić information content (AvgIpc) is 2.85. The number of rotatable bonds is 3. The van der Waals surface area contributed by atoms with Gasteiger partial charge < -0.3 is 10.1 Å². The highest BCUT2D eigenvalue weighted by Crippen LogP contribution is 2.25. The van der Waals surface area contributed by atoms with Crippen LogP contribution in [0.1, 0.15) is 21.5 Å². The molecule has 0 aromatic heterocycles. The Labute approximate surface area is 116 Å². The molecule has 3 rings (SSSR count). The highest BCUT2D eigenvalue weighted by atomic mass is 16.5. The molecule has 2 aromatic rings. The molecule has 0 aliphatic carbocycles. The standard InChI is InChI=1S/C16H13NO3/c1-20-13-6-4-10(5-7-13)16(19)12-3-2-11-9-15(18)17-14(11)8-12/h2-8H,9H2,1H3,(H,17,18). The SMILES string of the molecule is COc1ccc(C(=O)c2ccc3c(c2)NC(=O)C3)cc1. The van der Waals surface area contributed by atoms with E-state index >= 15 is 0 Å². The van der Waals surface area contributed by atoms with Crippen LogP contribution < -0.4 is 10.1 Å². The van der Waals surface area contributed by atoms with Crippen LogP contribution in [0.2, 0.25) is 0 Å². The Kier molecular flexibility index (Phi) is 2.99. The van der Waals surface area contributed by atoms with Crippen LogP contribution in [-0.4, -0.2) is 18.8 Å². The molecule has 1 aliphatic rings. The Morgan fingerprint density at radius 1 is 1.10 bits per heavy atom. The highest BCUT2D eigenvalue weighted by Gasteiger charge is 2.19. The molecular weight excluding hydrogens is 254 g/mol. The summed E-state index contributed by atoms with van der Waals surface area (Å²) in [5, 5.41) is 2.75. The third-order valence-corrected chi connectivity index (χ3v) is 3.35. The fourth-order valence-corrected chi connectivity index (χ4v) is 2.26. The number of benzene rings is 2. The smallest absolute Gasteiger partial charge is 0.228 e. The fraction of sp³-hybridized carbons (Fsp3) is 0.125. The van der Waals surface area contributed by atoms with Crippen molar-refractivity contribution in [1.82, 2.24) is 0 Å². The van der Waals surface area contributed by atoms with E-state index in [1.807, 2.05) is 6.07 Å². The Morgan fingerprint density at radius 2 is 1.80 bits per heavy atom. The lowest BCUT2D eigenvalue weighted by Crippen LogP contribution is -2.04. The maximum Gasteiger partial charge on any atom is 0.228 e. The van der Waals surface area contributed by atoms with E-state index in [-0.39, 0.29) is 11.7 Å². The lowest BCUT2D eigenvalue weighted by molar-refractivity contribution is -0.115. The number of amides is 1. The van der Waals surface area contributed by atoms with Gasteiger partial charge in [0.05, 0.1) is 13.5 Å². The van der Waals surface area contributed by atoms with Crippen molar-refractivity contribution in [3.05, 3.63) is 59.2 Å². The van der Waals surface area contributed by atoms with E-state index in [1.165, 1.54) is 0 Å². The minimum absolute atomic E-state index is 0.0333. The van der Waals surface area contributed by atoms with Gasteiger partial charge in [0.25, 0.3) is 0 Å². The van der Waals surface area contributed by atoms with E-state index in [0.717, 1.165) is 11.3 Å². The second-order valence-electron chi connectivity index (χ2n) is 4.65. The molecule has 100 valence electrons. The Hall–Kier alpha value is -2.62. The number of carbonyl (C=O) groups is 2. The molecule has 4 nitrogen and oxygen atoms in total. The lowest BCUT2D eigenvalue weighted by atomic mass is 10.0. The molecule has 0 radical (unpaired) electrons. The molecule has 2 aromatic carbocycles. The number of fused-ring (bicyclic) bond motifs is 1. The molecule has 20 heavy (non-hydrogen) atoms. The molecule has 0 bridgehead atoms. The number of ether oxygens (including phenoxy) is 1. The maximum absolute atomic E-state index is 12.4. The molecule has 0 atom stereocenters. The summed E-state index contributed by atoms with van der Waals surface area (Å²) < 4.78 is 5.07. The average molecular weight is 267 g/mol. The summed E-state index contributed by atoms with van der Waals surface area (Å²) in [6.07, 6.45) is 0.381. The van der Waals surface area contributed by atoms with Gasteiger partial charge in [-0.25, -0.2) is 0 Å². The second kappa shape index (κ2) is 4.81. The van der Waals surface area contributed by atoms with Gasteiger partial charge in [0.2, 0.25) is 5.91 Å². The van der Waals surface area contributed by atoms with Gasteiger partial charge in [-0.2, -0.15) is 0 Å². The van der Waals surface area contributed by atoms with Gasteiger partial charge in [0, 0.05) is 16.8 Å². The van der Waals surface area contributed by atoms with E-state index in [0.29, 0.717) is 23.3 Å². The molecule has 0 unspecified atom stereocenters. The van der Waals surface area contributed by atoms with Crippen molar-refractivity contribution in [3.63, 3.8) is 0 Å². The van der Waals surface area contributed by atoms with Gasteiger partial charge >= 0.3 is 0 Å². The van der Waals surface area contributed by atoms with Crippen LogP contribution in [0.5, 0.6) is 5.75 Å². The van der Waals surface area contributed by atoms with Crippen LogP contribution >= 0.6 is 0 Å². The number of ketones is 1. The monoisotopic (exact) mass is 267 g/mol. The summed E-state index contributed by atoms with van der Waals surface area (Å²) in [6, 6.07) is 12.3. The molecule has 1 amide bonds. The molecule has 4 heteroatoms. The topological polar surface area (TPSA) is 55.4 Å². The number of anilines is 1. The number of carbonyl (C=O) groups excluding carboxylic acids is 2. The van der Waals surface area contributed by atoms with Crippen molar-refractivity contribution in [2.24, 2.45) is 0 Å². The highest BCUT2D eigenvalue weighted by molar-refractivity contribution is 6.10. The van der Waals surface area contributed by atoms with Gasteiger partial charge in [-0.1, -0.05) is 12.1 Å². The molecule has 1 aliphatic heterocycles. The molecule has 0 fully saturated rings. The zero-order valence-corrected chi connectivity index (χ0v) is 11.0. The first-order valence-corrected chi connectivity index (χ1v) is 6.29. The molecule has 1 N–H and O–H groups in total.